The predicted molar refractivity (Wildman–Crippen MR) is 60.3 cm³/mol. The van der Waals surface area contributed by atoms with Crippen LogP contribution in [0.25, 0.3) is 11.0 Å². The Morgan fingerprint density at radius 1 is 1.13 bits per heavy atom. The molecule has 0 radical (unpaired) electrons. The minimum absolute atomic E-state index is 0.564. The highest BCUT2D eigenvalue weighted by molar-refractivity contribution is 5.80. The molecule has 0 bridgehead atoms. The second kappa shape index (κ2) is 3.50. The lowest BCUT2D eigenvalue weighted by Crippen LogP contribution is -1.95. The first-order valence-electron chi connectivity index (χ1n) is 4.91. The van der Waals surface area contributed by atoms with E-state index in [2.05, 4.69) is 36.8 Å². The first-order valence-corrected chi connectivity index (χ1v) is 4.91. The van der Waals surface area contributed by atoms with Crippen LogP contribution in [0.5, 0.6) is 5.88 Å². The zero-order chi connectivity index (χ0) is 11.0. The third kappa shape index (κ3) is 1.54. The van der Waals surface area contributed by atoms with Gasteiger partial charge in [-0.1, -0.05) is 0 Å². The quantitative estimate of drug-likeness (QED) is 0.712. The summed E-state index contributed by atoms with van der Waals surface area (Å²) in [6, 6.07) is 2.06. The monoisotopic (exact) mass is 202 g/mol. The first kappa shape index (κ1) is 9.90. The van der Waals surface area contributed by atoms with Crippen LogP contribution in [0.3, 0.4) is 0 Å². The summed E-state index contributed by atoms with van der Waals surface area (Å²) in [6.45, 7) is 6.26. The molecule has 0 aliphatic rings. The molecule has 0 saturated heterocycles. The third-order valence-electron chi connectivity index (χ3n) is 2.85. The Morgan fingerprint density at radius 2 is 1.87 bits per heavy atom. The number of aromatic nitrogens is 2. The van der Waals surface area contributed by atoms with Gasteiger partial charge in [-0.2, -0.15) is 0 Å². The van der Waals surface area contributed by atoms with Gasteiger partial charge in [-0.15, -0.1) is 0 Å². The molecule has 3 heteroatoms. The summed E-state index contributed by atoms with van der Waals surface area (Å²) in [6.07, 6.45) is 1.65. The maximum Gasteiger partial charge on any atom is 0.232 e. The topological polar surface area (TPSA) is 35.0 Å². The molecule has 0 unspecified atom stereocenters. The van der Waals surface area contributed by atoms with Crippen LogP contribution in [0.2, 0.25) is 0 Å². The van der Waals surface area contributed by atoms with Crippen LogP contribution < -0.4 is 4.74 Å². The summed E-state index contributed by atoms with van der Waals surface area (Å²) in [5.74, 6) is 0.564. The molecule has 1 heterocycles. The molecule has 2 rings (SSSR count). The SMILES string of the molecule is COc1cnc2cc(C)c(C)c(C)c2n1. The number of nitrogens with zero attached hydrogens (tertiary/aromatic N) is 2. The first-order chi connectivity index (χ1) is 7.13. The minimum atomic E-state index is 0.564. The molecule has 0 fully saturated rings. The van der Waals surface area contributed by atoms with Crippen molar-refractivity contribution in [2.75, 3.05) is 7.11 Å². The van der Waals surface area contributed by atoms with E-state index in [0.717, 1.165) is 11.0 Å². The van der Waals surface area contributed by atoms with E-state index in [4.69, 9.17) is 4.74 Å². The predicted octanol–water partition coefficient (Wildman–Crippen LogP) is 2.56. The van der Waals surface area contributed by atoms with Crippen molar-refractivity contribution in [2.45, 2.75) is 20.8 Å². The fourth-order valence-electron chi connectivity index (χ4n) is 1.65. The minimum Gasteiger partial charge on any atom is -0.480 e. The van der Waals surface area contributed by atoms with E-state index in [9.17, 15) is 0 Å². The van der Waals surface area contributed by atoms with Gasteiger partial charge in [-0.25, -0.2) is 9.97 Å². The average Bonchev–Trinajstić information content (AvgIpc) is 2.26. The number of aryl methyl sites for hydroxylation is 2. The van der Waals surface area contributed by atoms with Crippen molar-refractivity contribution in [2.24, 2.45) is 0 Å². The van der Waals surface area contributed by atoms with E-state index in [1.165, 1.54) is 16.7 Å². The molecule has 0 atom stereocenters. The van der Waals surface area contributed by atoms with Crippen LogP contribution in [0.1, 0.15) is 16.7 Å². The van der Waals surface area contributed by atoms with Crippen molar-refractivity contribution in [1.82, 2.24) is 9.97 Å². The Hall–Kier alpha value is -1.64. The van der Waals surface area contributed by atoms with Crippen molar-refractivity contribution >= 4 is 11.0 Å². The molecule has 1 aromatic heterocycles. The molecule has 3 nitrogen and oxygen atoms in total. The van der Waals surface area contributed by atoms with E-state index in [1.54, 1.807) is 13.3 Å². The van der Waals surface area contributed by atoms with Gasteiger partial charge in [0.2, 0.25) is 5.88 Å². The molecule has 0 aliphatic carbocycles. The molecule has 0 spiro atoms. The standard InChI is InChI=1S/C12H14N2O/c1-7-5-10-12(9(3)8(7)2)14-11(15-4)6-13-10/h5-6H,1-4H3. The lowest BCUT2D eigenvalue weighted by Gasteiger charge is -2.08. The maximum absolute atomic E-state index is 5.07. The molecule has 2 aromatic rings. The van der Waals surface area contributed by atoms with Crippen molar-refractivity contribution in [1.29, 1.82) is 0 Å². The Labute approximate surface area is 89.1 Å². The van der Waals surface area contributed by atoms with Gasteiger partial charge < -0.3 is 4.74 Å². The van der Waals surface area contributed by atoms with Crippen LogP contribution in [0.15, 0.2) is 12.3 Å². The fraction of sp³-hybridized carbons (Fsp3) is 0.333. The third-order valence-corrected chi connectivity index (χ3v) is 2.85. The number of methoxy groups -OCH3 is 1. The maximum atomic E-state index is 5.07. The Bertz CT molecular complexity index is 521. The van der Waals surface area contributed by atoms with Crippen LogP contribution in [0, 0.1) is 20.8 Å². The highest BCUT2D eigenvalue weighted by atomic mass is 16.5. The van der Waals surface area contributed by atoms with Gasteiger partial charge >= 0.3 is 0 Å². The van der Waals surface area contributed by atoms with Gasteiger partial charge in [0, 0.05) is 0 Å². The number of hydrogen-bond donors (Lipinski definition) is 0. The van der Waals surface area contributed by atoms with Gasteiger partial charge in [-0.3, -0.25) is 0 Å². The van der Waals surface area contributed by atoms with E-state index < -0.39 is 0 Å². The highest BCUT2D eigenvalue weighted by Gasteiger charge is 2.07. The van der Waals surface area contributed by atoms with Crippen LogP contribution in [0.4, 0.5) is 0 Å². The van der Waals surface area contributed by atoms with Crippen molar-refractivity contribution in [3.63, 3.8) is 0 Å². The number of hydrogen-bond acceptors (Lipinski definition) is 3. The molecule has 1 aromatic carbocycles. The van der Waals surface area contributed by atoms with Gasteiger partial charge in [0.05, 0.1) is 24.3 Å². The Morgan fingerprint density at radius 3 is 2.53 bits per heavy atom. The molecule has 15 heavy (non-hydrogen) atoms. The molecule has 0 saturated carbocycles. The second-order valence-electron chi connectivity index (χ2n) is 3.72. The van der Waals surface area contributed by atoms with Crippen LogP contribution in [-0.4, -0.2) is 17.1 Å². The summed E-state index contributed by atoms with van der Waals surface area (Å²) < 4.78 is 5.07. The Balaban J connectivity index is 2.81. The largest absolute Gasteiger partial charge is 0.480 e. The number of ether oxygens (including phenoxy) is 1. The van der Waals surface area contributed by atoms with Crippen molar-refractivity contribution in [3.05, 3.63) is 29.0 Å². The summed E-state index contributed by atoms with van der Waals surface area (Å²) in [5, 5.41) is 0. The van der Waals surface area contributed by atoms with Gasteiger partial charge in [-0.05, 0) is 43.5 Å². The smallest absolute Gasteiger partial charge is 0.232 e. The number of fused-ring (bicyclic) bond motifs is 1. The van der Waals surface area contributed by atoms with Crippen LogP contribution in [-0.2, 0) is 0 Å². The summed E-state index contributed by atoms with van der Waals surface area (Å²) in [4.78, 5) is 8.74. The molecular weight excluding hydrogens is 188 g/mol. The normalized spacial score (nSPS) is 10.7. The molecular formula is C12H14N2O. The fourth-order valence-corrected chi connectivity index (χ4v) is 1.65. The van der Waals surface area contributed by atoms with Gasteiger partial charge in [0.1, 0.15) is 0 Å². The molecule has 0 aliphatic heterocycles. The Kier molecular flexibility index (Phi) is 2.31. The lowest BCUT2D eigenvalue weighted by atomic mass is 10.0. The van der Waals surface area contributed by atoms with Gasteiger partial charge in [0.15, 0.2) is 0 Å². The summed E-state index contributed by atoms with van der Waals surface area (Å²) in [5.41, 5.74) is 5.55. The average molecular weight is 202 g/mol. The van der Waals surface area contributed by atoms with E-state index in [0.29, 0.717) is 5.88 Å². The zero-order valence-corrected chi connectivity index (χ0v) is 9.46. The highest BCUT2D eigenvalue weighted by Crippen LogP contribution is 2.23. The van der Waals surface area contributed by atoms with Crippen molar-refractivity contribution < 1.29 is 4.74 Å². The number of benzene rings is 1. The van der Waals surface area contributed by atoms with E-state index in [1.807, 2.05) is 0 Å². The van der Waals surface area contributed by atoms with E-state index in [-0.39, 0.29) is 0 Å². The summed E-state index contributed by atoms with van der Waals surface area (Å²) >= 11 is 0. The zero-order valence-electron chi connectivity index (χ0n) is 9.46. The number of rotatable bonds is 1. The molecule has 0 amide bonds. The summed E-state index contributed by atoms with van der Waals surface area (Å²) in [7, 11) is 1.60. The van der Waals surface area contributed by atoms with Gasteiger partial charge in [0.25, 0.3) is 0 Å². The lowest BCUT2D eigenvalue weighted by molar-refractivity contribution is 0.397. The van der Waals surface area contributed by atoms with Crippen LogP contribution >= 0.6 is 0 Å². The molecule has 0 N–H and O–H groups in total. The van der Waals surface area contributed by atoms with E-state index >= 15 is 0 Å². The molecule has 78 valence electrons. The second-order valence-corrected chi connectivity index (χ2v) is 3.72. The van der Waals surface area contributed by atoms with Crippen molar-refractivity contribution in [3.8, 4) is 5.88 Å².